The Labute approximate surface area is 85.8 Å². The van der Waals surface area contributed by atoms with Gasteiger partial charge in [0.1, 0.15) is 0 Å². The van der Waals surface area contributed by atoms with Crippen LogP contribution >= 0.6 is 21.6 Å². The molecule has 0 bridgehead atoms. The van der Waals surface area contributed by atoms with Crippen molar-refractivity contribution < 1.29 is 0 Å². The smallest absolute Gasteiger partial charge is 0.0136 e. The highest BCUT2D eigenvalue weighted by Gasteiger charge is 2.15. The molecular formula is C10H22ClP. The second-order valence-electron chi connectivity index (χ2n) is 5.22. The summed E-state index contributed by atoms with van der Waals surface area (Å²) in [5.41, 5.74) is 0.586. The van der Waals surface area contributed by atoms with Gasteiger partial charge in [-0.05, 0) is 10.8 Å². The second kappa shape index (κ2) is 4.63. The lowest BCUT2D eigenvalue weighted by Crippen LogP contribution is -2.09. The molecule has 0 saturated heterocycles. The van der Waals surface area contributed by atoms with E-state index in [9.17, 15) is 0 Å². The Morgan fingerprint density at radius 3 is 1.42 bits per heavy atom. The molecule has 0 rings (SSSR count). The second-order valence-corrected chi connectivity index (χ2v) is 5.84. The average molecular weight is 209 g/mol. The molecule has 0 aliphatic rings. The highest BCUT2D eigenvalue weighted by atomic mass is 35.5. The van der Waals surface area contributed by atoms with Gasteiger partial charge in [0.25, 0.3) is 0 Å². The fourth-order valence-electron chi connectivity index (χ4n) is 0.683. The first-order chi connectivity index (χ1) is 4.63. The Kier molecular flexibility index (Phi) is 5.77. The van der Waals surface area contributed by atoms with E-state index in [1.807, 2.05) is 0 Å². The largest absolute Gasteiger partial charge is 0.147 e. The van der Waals surface area contributed by atoms with Gasteiger partial charge in [0, 0.05) is 0 Å². The highest BCUT2D eigenvalue weighted by molar-refractivity contribution is 7.22. The average Bonchev–Trinajstić information content (AvgIpc) is 1.56. The van der Waals surface area contributed by atoms with E-state index in [4.69, 9.17) is 0 Å². The van der Waals surface area contributed by atoms with Crippen molar-refractivity contribution in [3.63, 3.8) is 0 Å². The predicted molar refractivity (Wildman–Crippen MR) is 64.0 cm³/mol. The Bertz CT molecular complexity index is 158. The first-order valence-corrected chi connectivity index (χ1v) is 4.69. The van der Waals surface area contributed by atoms with Crippen molar-refractivity contribution in [2.24, 2.45) is 10.8 Å². The van der Waals surface area contributed by atoms with Crippen LogP contribution in [0, 0.1) is 10.8 Å². The number of rotatable bonds is 0. The maximum Gasteiger partial charge on any atom is -0.0136 e. The van der Waals surface area contributed by atoms with Gasteiger partial charge >= 0.3 is 0 Å². The summed E-state index contributed by atoms with van der Waals surface area (Å²) in [5, 5.41) is 1.39. The molecule has 0 aliphatic heterocycles. The van der Waals surface area contributed by atoms with E-state index in [0.29, 0.717) is 5.41 Å². The van der Waals surface area contributed by atoms with E-state index in [1.165, 1.54) is 5.31 Å². The Balaban J connectivity index is 0. The van der Waals surface area contributed by atoms with Crippen molar-refractivity contribution >= 4 is 21.6 Å². The fourth-order valence-corrected chi connectivity index (χ4v) is 1.18. The summed E-state index contributed by atoms with van der Waals surface area (Å²) in [7, 11) is 2.83. The fraction of sp³-hybridized carbons (Fsp3) is 0.800. The van der Waals surface area contributed by atoms with E-state index in [0.717, 1.165) is 0 Å². The third-order valence-corrected chi connectivity index (χ3v) is 2.49. The zero-order valence-corrected chi connectivity index (χ0v) is 11.0. The predicted octanol–water partition coefficient (Wildman–Crippen LogP) is 4.26. The molecule has 1 unspecified atom stereocenters. The highest BCUT2D eigenvalue weighted by Crippen LogP contribution is 2.33. The van der Waals surface area contributed by atoms with Gasteiger partial charge in [-0.1, -0.05) is 52.9 Å². The summed E-state index contributed by atoms with van der Waals surface area (Å²) >= 11 is 0. The van der Waals surface area contributed by atoms with E-state index in [-0.39, 0.29) is 17.8 Å². The number of hydrogen-bond donors (Lipinski definition) is 0. The van der Waals surface area contributed by atoms with Crippen LogP contribution in [0.5, 0.6) is 0 Å². The summed E-state index contributed by atoms with van der Waals surface area (Å²) in [5.74, 6) is 0. The lowest BCUT2D eigenvalue weighted by atomic mass is 9.89. The molecule has 0 heterocycles. The van der Waals surface area contributed by atoms with Crippen LogP contribution in [0.3, 0.4) is 0 Å². The van der Waals surface area contributed by atoms with Crippen LogP contribution in [0.15, 0.2) is 11.4 Å². The number of hydrogen-bond acceptors (Lipinski definition) is 0. The first kappa shape index (κ1) is 15.0. The molecule has 74 valence electrons. The maximum absolute atomic E-state index is 2.83. The van der Waals surface area contributed by atoms with E-state index >= 15 is 0 Å². The summed E-state index contributed by atoms with van der Waals surface area (Å²) in [4.78, 5) is 0. The SMILES string of the molecule is CC(C)(C)C=C(P)C(C)(C)C.Cl. The zero-order valence-electron chi connectivity index (χ0n) is 9.06. The molecule has 0 aliphatic carbocycles. The van der Waals surface area contributed by atoms with E-state index in [2.05, 4.69) is 56.9 Å². The van der Waals surface area contributed by atoms with E-state index in [1.54, 1.807) is 0 Å². The van der Waals surface area contributed by atoms with Gasteiger partial charge in [-0.15, -0.1) is 21.6 Å². The molecule has 0 aromatic heterocycles. The topological polar surface area (TPSA) is 0 Å². The van der Waals surface area contributed by atoms with Gasteiger partial charge < -0.3 is 0 Å². The van der Waals surface area contributed by atoms with Crippen LogP contribution < -0.4 is 0 Å². The van der Waals surface area contributed by atoms with Crippen LogP contribution in [0.1, 0.15) is 41.5 Å². The van der Waals surface area contributed by atoms with Gasteiger partial charge in [-0.25, -0.2) is 0 Å². The van der Waals surface area contributed by atoms with Crippen LogP contribution in [-0.4, -0.2) is 0 Å². The summed E-state index contributed by atoms with van der Waals surface area (Å²) in [6.45, 7) is 13.4. The normalized spacial score (nSPS) is 14.1. The molecule has 0 N–H and O–H groups in total. The standard InChI is InChI=1S/C10H21P.ClH/c1-9(2,3)7-8(11)10(4,5)6;/h7H,11H2,1-6H3;1H. The third kappa shape index (κ3) is 7.13. The number of halogens is 1. The van der Waals surface area contributed by atoms with Crippen molar-refractivity contribution in [2.45, 2.75) is 41.5 Å². The zero-order chi connectivity index (χ0) is 9.28. The van der Waals surface area contributed by atoms with Crippen LogP contribution in [0.4, 0.5) is 0 Å². The molecule has 0 saturated carbocycles. The molecule has 12 heavy (non-hydrogen) atoms. The maximum atomic E-state index is 2.83. The van der Waals surface area contributed by atoms with Crippen LogP contribution in [0.25, 0.3) is 0 Å². The van der Waals surface area contributed by atoms with Crippen molar-refractivity contribution in [3.05, 3.63) is 11.4 Å². The first-order valence-electron chi connectivity index (χ1n) is 4.12. The number of allylic oxidation sites excluding steroid dienone is 2. The molecule has 0 radical (unpaired) electrons. The molecule has 0 nitrogen and oxygen atoms in total. The van der Waals surface area contributed by atoms with Crippen LogP contribution in [-0.2, 0) is 0 Å². The van der Waals surface area contributed by atoms with Crippen molar-refractivity contribution in [3.8, 4) is 0 Å². The van der Waals surface area contributed by atoms with Gasteiger partial charge in [-0.2, -0.15) is 0 Å². The Morgan fingerprint density at radius 2 is 1.33 bits per heavy atom. The lowest BCUT2D eigenvalue weighted by Gasteiger charge is -2.23. The molecule has 0 aromatic carbocycles. The quantitative estimate of drug-likeness (QED) is 0.522. The Morgan fingerprint density at radius 1 is 1.00 bits per heavy atom. The molecule has 2 heteroatoms. The molecule has 1 atom stereocenters. The van der Waals surface area contributed by atoms with Crippen LogP contribution in [0.2, 0.25) is 0 Å². The minimum absolute atomic E-state index is 0. The van der Waals surface area contributed by atoms with Crippen molar-refractivity contribution in [1.29, 1.82) is 0 Å². The van der Waals surface area contributed by atoms with Gasteiger partial charge in [-0.3, -0.25) is 0 Å². The summed E-state index contributed by atoms with van der Waals surface area (Å²) in [6.07, 6.45) is 2.32. The van der Waals surface area contributed by atoms with Gasteiger partial charge in [0.15, 0.2) is 0 Å². The molecule has 0 fully saturated rings. The minimum Gasteiger partial charge on any atom is -0.147 e. The molecular weight excluding hydrogens is 187 g/mol. The third-order valence-electron chi connectivity index (χ3n) is 1.45. The van der Waals surface area contributed by atoms with Crippen molar-refractivity contribution in [1.82, 2.24) is 0 Å². The molecule has 0 amide bonds. The molecule has 0 spiro atoms. The monoisotopic (exact) mass is 208 g/mol. The van der Waals surface area contributed by atoms with Gasteiger partial charge in [0.05, 0.1) is 0 Å². The minimum atomic E-state index is 0. The summed E-state index contributed by atoms with van der Waals surface area (Å²) in [6, 6.07) is 0. The Hall–Kier alpha value is 0.460. The van der Waals surface area contributed by atoms with Gasteiger partial charge in [0.2, 0.25) is 0 Å². The lowest BCUT2D eigenvalue weighted by molar-refractivity contribution is 0.494. The van der Waals surface area contributed by atoms with Crippen molar-refractivity contribution in [2.75, 3.05) is 0 Å². The summed E-state index contributed by atoms with van der Waals surface area (Å²) < 4.78 is 0. The van der Waals surface area contributed by atoms with E-state index < -0.39 is 0 Å². The molecule has 0 aromatic rings.